The first kappa shape index (κ1) is 22.0. The summed E-state index contributed by atoms with van der Waals surface area (Å²) in [4.78, 5) is 31.7. The Kier molecular flexibility index (Phi) is 7.62. The number of rotatable bonds is 8. The highest BCUT2D eigenvalue weighted by atomic mass is 32.2. The predicted octanol–water partition coefficient (Wildman–Crippen LogP) is 3.57. The lowest BCUT2D eigenvalue weighted by Gasteiger charge is -2.12. The van der Waals surface area contributed by atoms with E-state index in [1.165, 1.54) is 11.3 Å². The van der Waals surface area contributed by atoms with Crippen LogP contribution < -0.4 is 10.6 Å². The molecule has 3 N–H and O–H groups in total. The number of benzene rings is 1. The number of amides is 2. The van der Waals surface area contributed by atoms with Crippen molar-refractivity contribution in [2.45, 2.75) is 24.4 Å². The Morgan fingerprint density at radius 2 is 1.83 bits per heavy atom. The van der Waals surface area contributed by atoms with Crippen molar-refractivity contribution in [1.82, 2.24) is 15.6 Å². The summed E-state index contributed by atoms with van der Waals surface area (Å²) in [6, 6.07) is 14.7. The van der Waals surface area contributed by atoms with Gasteiger partial charge < -0.3 is 15.7 Å². The Morgan fingerprint density at radius 3 is 2.43 bits per heavy atom. The first-order valence-corrected chi connectivity index (χ1v) is 11.5. The van der Waals surface area contributed by atoms with Gasteiger partial charge in [-0.05, 0) is 60.0 Å². The van der Waals surface area contributed by atoms with Crippen LogP contribution in [0.3, 0.4) is 0 Å². The Hall–Kier alpha value is -2.68. The van der Waals surface area contributed by atoms with Crippen LogP contribution in [0.15, 0.2) is 58.8 Å². The van der Waals surface area contributed by atoms with Crippen molar-refractivity contribution in [3.05, 3.63) is 70.9 Å². The minimum Gasteiger partial charge on any atom is -0.394 e. The van der Waals surface area contributed by atoms with Crippen molar-refractivity contribution in [1.29, 1.82) is 0 Å². The molecular formula is C22H23N3O3S2. The van der Waals surface area contributed by atoms with Gasteiger partial charge in [0.05, 0.1) is 6.61 Å². The zero-order valence-corrected chi connectivity index (χ0v) is 18.3. The van der Waals surface area contributed by atoms with E-state index in [9.17, 15) is 14.7 Å². The summed E-state index contributed by atoms with van der Waals surface area (Å²) in [5, 5.41) is 16.7. The molecule has 0 spiro atoms. The van der Waals surface area contributed by atoms with Gasteiger partial charge in [-0.3, -0.25) is 9.59 Å². The summed E-state index contributed by atoms with van der Waals surface area (Å²) in [5.74, 6) is -0.789. The number of aromatic nitrogens is 1. The third-order valence-corrected chi connectivity index (χ3v) is 6.02. The van der Waals surface area contributed by atoms with Crippen LogP contribution in [-0.4, -0.2) is 40.8 Å². The molecule has 2 heterocycles. The fraction of sp³-hybridized carbons (Fsp3) is 0.227. The monoisotopic (exact) mass is 441 g/mol. The molecule has 0 bridgehead atoms. The molecule has 6 nitrogen and oxygen atoms in total. The molecule has 1 atom stereocenters. The predicted molar refractivity (Wildman–Crippen MR) is 121 cm³/mol. The smallest absolute Gasteiger partial charge is 0.270 e. The molecule has 0 saturated carbocycles. The average Bonchev–Trinajstić information content (AvgIpc) is 3.32. The maximum Gasteiger partial charge on any atom is 0.270 e. The minimum absolute atomic E-state index is 0.135. The van der Waals surface area contributed by atoms with Gasteiger partial charge in [0.1, 0.15) is 11.4 Å². The van der Waals surface area contributed by atoms with Gasteiger partial charge in [0.2, 0.25) is 0 Å². The van der Waals surface area contributed by atoms with Gasteiger partial charge in [0.15, 0.2) is 0 Å². The Bertz CT molecular complexity index is 1000. The van der Waals surface area contributed by atoms with Crippen LogP contribution in [0.5, 0.6) is 0 Å². The SMILES string of the molecule is CSc1ccc(CNC(=O)c2cc(-c3cccs3)cc(C(=O)NC(C)CO)n2)cc1. The number of nitrogens with zero attached hydrogens (tertiary/aromatic N) is 1. The Morgan fingerprint density at radius 1 is 1.13 bits per heavy atom. The highest BCUT2D eigenvalue weighted by molar-refractivity contribution is 7.98. The van der Waals surface area contributed by atoms with E-state index in [0.29, 0.717) is 6.54 Å². The lowest BCUT2D eigenvalue weighted by atomic mass is 10.1. The molecule has 0 saturated heterocycles. The number of hydrogen-bond donors (Lipinski definition) is 3. The Balaban J connectivity index is 1.82. The van der Waals surface area contributed by atoms with E-state index in [1.54, 1.807) is 30.8 Å². The normalized spacial score (nSPS) is 11.7. The number of thiophene rings is 1. The molecule has 1 aromatic carbocycles. The standard InChI is InChI=1S/C22H23N3O3S2/c1-14(13-26)24-22(28)19-11-16(20-4-3-9-30-20)10-18(25-19)21(27)23-12-15-5-7-17(29-2)8-6-15/h3-11,14,26H,12-13H2,1-2H3,(H,23,27)(H,24,28). The molecule has 0 radical (unpaired) electrons. The van der Waals surface area contributed by atoms with Gasteiger partial charge in [-0.25, -0.2) is 4.98 Å². The maximum absolute atomic E-state index is 12.8. The number of aliphatic hydroxyl groups is 1. The second-order valence-corrected chi connectivity index (χ2v) is 8.52. The van der Waals surface area contributed by atoms with E-state index in [-0.39, 0.29) is 23.9 Å². The zero-order valence-electron chi connectivity index (χ0n) is 16.7. The quantitative estimate of drug-likeness (QED) is 0.465. The number of carbonyl (C=O) groups excluding carboxylic acids is 2. The molecule has 156 valence electrons. The summed E-state index contributed by atoms with van der Waals surface area (Å²) < 4.78 is 0. The number of hydrogen-bond acceptors (Lipinski definition) is 6. The average molecular weight is 442 g/mol. The van der Waals surface area contributed by atoms with Crippen molar-refractivity contribution < 1.29 is 14.7 Å². The van der Waals surface area contributed by atoms with E-state index < -0.39 is 11.9 Å². The Labute approximate surface area is 183 Å². The highest BCUT2D eigenvalue weighted by Gasteiger charge is 2.17. The number of carbonyl (C=O) groups is 2. The van der Waals surface area contributed by atoms with E-state index in [4.69, 9.17) is 0 Å². The maximum atomic E-state index is 12.8. The lowest BCUT2D eigenvalue weighted by Crippen LogP contribution is -2.36. The van der Waals surface area contributed by atoms with E-state index in [1.807, 2.05) is 48.0 Å². The number of nitrogens with one attached hydrogen (secondary N) is 2. The molecule has 0 aliphatic carbocycles. The first-order valence-electron chi connectivity index (χ1n) is 9.39. The van der Waals surface area contributed by atoms with Crippen LogP contribution in [0, 0.1) is 0 Å². The second kappa shape index (κ2) is 10.4. The largest absolute Gasteiger partial charge is 0.394 e. The van der Waals surface area contributed by atoms with Crippen LogP contribution in [-0.2, 0) is 6.54 Å². The van der Waals surface area contributed by atoms with Crippen LogP contribution in [0.4, 0.5) is 0 Å². The molecule has 0 aliphatic heterocycles. The van der Waals surface area contributed by atoms with E-state index in [0.717, 1.165) is 20.9 Å². The molecule has 0 aliphatic rings. The molecule has 8 heteroatoms. The van der Waals surface area contributed by atoms with Crippen LogP contribution in [0.25, 0.3) is 10.4 Å². The molecule has 2 amide bonds. The van der Waals surface area contributed by atoms with Gasteiger partial charge in [-0.2, -0.15) is 0 Å². The minimum atomic E-state index is -0.434. The fourth-order valence-corrected chi connectivity index (χ4v) is 3.83. The number of thioether (sulfide) groups is 1. The summed E-state index contributed by atoms with van der Waals surface area (Å²) in [6.45, 7) is 1.87. The zero-order chi connectivity index (χ0) is 21.5. The van der Waals surface area contributed by atoms with Crippen molar-refractivity contribution in [3.8, 4) is 10.4 Å². The van der Waals surface area contributed by atoms with Crippen LogP contribution in [0.1, 0.15) is 33.5 Å². The molecule has 30 heavy (non-hydrogen) atoms. The van der Waals surface area contributed by atoms with Gasteiger partial charge >= 0.3 is 0 Å². The molecular weight excluding hydrogens is 418 g/mol. The van der Waals surface area contributed by atoms with Crippen molar-refractivity contribution in [2.24, 2.45) is 0 Å². The van der Waals surface area contributed by atoms with E-state index in [2.05, 4.69) is 15.6 Å². The third-order valence-electron chi connectivity index (χ3n) is 4.36. The molecule has 0 fully saturated rings. The second-order valence-electron chi connectivity index (χ2n) is 6.69. The highest BCUT2D eigenvalue weighted by Crippen LogP contribution is 2.26. The number of aliphatic hydroxyl groups excluding tert-OH is 1. The summed E-state index contributed by atoms with van der Waals surface area (Å²) in [7, 11) is 0. The van der Waals surface area contributed by atoms with Gasteiger partial charge in [-0.15, -0.1) is 23.1 Å². The van der Waals surface area contributed by atoms with Gasteiger partial charge in [0, 0.05) is 22.4 Å². The van der Waals surface area contributed by atoms with Crippen molar-refractivity contribution >= 4 is 34.9 Å². The molecule has 1 unspecified atom stereocenters. The topological polar surface area (TPSA) is 91.3 Å². The fourth-order valence-electron chi connectivity index (χ4n) is 2.71. The lowest BCUT2D eigenvalue weighted by molar-refractivity contribution is 0.0916. The molecule has 3 rings (SSSR count). The van der Waals surface area contributed by atoms with Crippen LogP contribution >= 0.6 is 23.1 Å². The van der Waals surface area contributed by atoms with Gasteiger partial charge in [0.25, 0.3) is 11.8 Å². The van der Waals surface area contributed by atoms with E-state index >= 15 is 0 Å². The molecule has 2 aromatic heterocycles. The summed E-state index contributed by atoms with van der Waals surface area (Å²) in [6.07, 6.45) is 2.01. The summed E-state index contributed by atoms with van der Waals surface area (Å²) in [5.41, 5.74) is 2.03. The number of pyridine rings is 1. The molecule has 3 aromatic rings. The van der Waals surface area contributed by atoms with Crippen molar-refractivity contribution in [2.75, 3.05) is 12.9 Å². The third kappa shape index (κ3) is 5.69. The van der Waals surface area contributed by atoms with Crippen LogP contribution in [0.2, 0.25) is 0 Å². The van der Waals surface area contributed by atoms with Gasteiger partial charge in [-0.1, -0.05) is 18.2 Å². The summed E-state index contributed by atoms with van der Waals surface area (Å²) >= 11 is 3.17. The first-order chi connectivity index (χ1) is 14.5. The van der Waals surface area contributed by atoms with Crippen molar-refractivity contribution in [3.63, 3.8) is 0 Å².